The number of rotatable bonds is 3. The van der Waals surface area contributed by atoms with Crippen LogP contribution in [0.3, 0.4) is 0 Å². The van der Waals surface area contributed by atoms with Crippen LogP contribution >= 0.6 is 0 Å². The summed E-state index contributed by atoms with van der Waals surface area (Å²) in [5.74, 6) is 1.97. The van der Waals surface area contributed by atoms with E-state index in [0.717, 1.165) is 23.9 Å². The van der Waals surface area contributed by atoms with Gasteiger partial charge in [-0.25, -0.2) is 0 Å². The van der Waals surface area contributed by atoms with E-state index in [2.05, 4.69) is 33.0 Å². The zero-order chi connectivity index (χ0) is 11.6. The molecule has 0 aromatic carbocycles. The lowest BCUT2D eigenvalue weighted by molar-refractivity contribution is 0.106. The first kappa shape index (κ1) is 11.1. The average molecular weight is 221 g/mol. The van der Waals surface area contributed by atoms with Crippen molar-refractivity contribution in [2.45, 2.75) is 71.9 Å². The lowest BCUT2D eigenvalue weighted by Crippen LogP contribution is -2.51. The molecule has 0 saturated heterocycles. The van der Waals surface area contributed by atoms with E-state index in [4.69, 9.17) is 0 Å². The van der Waals surface area contributed by atoms with Gasteiger partial charge in [0.1, 0.15) is 0 Å². The number of hydrogen-bond acceptors (Lipinski definition) is 1. The van der Waals surface area contributed by atoms with Crippen LogP contribution in [-0.2, 0) is 0 Å². The van der Waals surface area contributed by atoms with Crippen LogP contribution in [0.4, 0.5) is 0 Å². The molecule has 3 unspecified atom stereocenters. The normalized spacial score (nSPS) is 53.2. The van der Waals surface area contributed by atoms with Gasteiger partial charge in [-0.2, -0.15) is 0 Å². The molecular formula is C15H27N. The summed E-state index contributed by atoms with van der Waals surface area (Å²) >= 11 is 0. The molecule has 3 fully saturated rings. The molecular weight excluding hydrogens is 194 g/mol. The molecule has 0 aromatic rings. The second-order valence-corrected chi connectivity index (χ2v) is 7.53. The van der Waals surface area contributed by atoms with Gasteiger partial charge in [0.25, 0.3) is 0 Å². The molecule has 0 radical (unpaired) electrons. The van der Waals surface area contributed by atoms with Crippen molar-refractivity contribution in [3.8, 4) is 0 Å². The molecule has 1 N–H and O–H groups in total. The third-order valence-corrected chi connectivity index (χ3v) is 6.10. The van der Waals surface area contributed by atoms with Gasteiger partial charge < -0.3 is 5.32 Å². The van der Waals surface area contributed by atoms with Crippen LogP contribution < -0.4 is 5.32 Å². The van der Waals surface area contributed by atoms with E-state index in [-0.39, 0.29) is 0 Å². The largest absolute Gasteiger partial charge is 0.310 e. The van der Waals surface area contributed by atoms with Crippen molar-refractivity contribution in [2.24, 2.45) is 22.7 Å². The van der Waals surface area contributed by atoms with Gasteiger partial charge in [-0.1, -0.05) is 34.1 Å². The molecule has 0 aliphatic heterocycles. The maximum absolute atomic E-state index is 4.02. The molecule has 0 spiro atoms. The molecule has 3 rings (SSSR count). The zero-order valence-corrected chi connectivity index (χ0v) is 11.3. The predicted octanol–water partition coefficient (Wildman–Crippen LogP) is 3.59. The molecule has 92 valence electrons. The Morgan fingerprint density at radius 1 is 1.25 bits per heavy atom. The van der Waals surface area contributed by atoms with Gasteiger partial charge in [0.05, 0.1) is 0 Å². The highest BCUT2D eigenvalue weighted by molar-refractivity contribution is 5.14. The Kier molecular flexibility index (Phi) is 2.25. The van der Waals surface area contributed by atoms with Crippen LogP contribution in [0.25, 0.3) is 0 Å². The molecule has 5 atom stereocenters. The van der Waals surface area contributed by atoms with Crippen molar-refractivity contribution in [1.82, 2.24) is 5.32 Å². The molecule has 0 aromatic heterocycles. The van der Waals surface area contributed by atoms with Crippen molar-refractivity contribution in [2.75, 3.05) is 0 Å². The molecule has 16 heavy (non-hydrogen) atoms. The lowest BCUT2D eigenvalue weighted by atomic mass is 9.68. The van der Waals surface area contributed by atoms with Crippen molar-refractivity contribution in [1.29, 1.82) is 0 Å². The highest BCUT2D eigenvalue weighted by Crippen LogP contribution is 2.62. The maximum Gasteiger partial charge on any atom is 0.0177 e. The Morgan fingerprint density at radius 2 is 2.00 bits per heavy atom. The summed E-state index contributed by atoms with van der Waals surface area (Å²) in [5, 5.41) is 4.02. The monoisotopic (exact) mass is 221 g/mol. The van der Waals surface area contributed by atoms with Crippen LogP contribution in [0.1, 0.15) is 59.8 Å². The lowest BCUT2D eigenvalue weighted by Gasteiger charge is -2.43. The highest BCUT2D eigenvalue weighted by atomic mass is 15.1. The topological polar surface area (TPSA) is 12.0 Å². The second-order valence-electron chi connectivity index (χ2n) is 7.53. The maximum atomic E-state index is 4.02. The zero-order valence-electron chi connectivity index (χ0n) is 11.3. The molecule has 1 heteroatoms. The van der Waals surface area contributed by atoms with Crippen LogP contribution in [0.2, 0.25) is 0 Å². The Labute approximate surface area is 100 Å². The minimum absolute atomic E-state index is 0.536. The summed E-state index contributed by atoms with van der Waals surface area (Å²) in [6, 6.07) is 1.63. The van der Waals surface area contributed by atoms with E-state index in [1.165, 1.54) is 32.1 Å². The van der Waals surface area contributed by atoms with Crippen LogP contribution in [0.5, 0.6) is 0 Å². The minimum Gasteiger partial charge on any atom is -0.310 e. The fraction of sp³-hybridized carbons (Fsp3) is 1.00. The molecule has 3 aliphatic carbocycles. The Hall–Kier alpha value is -0.0400. The first-order chi connectivity index (χ1) is 7.47. The van der Waals surface area contributed by atoms with E-state index >= 15 is 0 Å². The summed E-state index contributed by atoms with van der Waals surface area (Å²) in [4.78, 5) is 0. The standard InChI is InChI=1S/C15H27N/c1-5-10-8-12(10)16-13-14(2,3)11-6-7-15(13,4)9-11/h10-13,16H,5-9H2,1-4H3/t10?,11-,12?,13?,15+/m0/s1. The Morgan fingerprint density at radius 3 is 2.50 bits per heavy atom. The summed E-state index contributed by atoms with van der Waals surface area (Å²) in [6.07, 6.45) is 7.21. The first-order valence-corrected chi connectivity index (χ1v) is 7.23. The van der Waals surface area contributed by atoms with Crippen molar-refractivity contribution in [3.63, 3.8) is 0 Å². The highest BCUT2D eigenvalue weighted by Gasteiger charge is 2.60. The van der Waals surface area contributed by atoms with E-state index in [1.807, 2.05) is 0 Å². The van der Waals surface area contributed by atoms with Crippen LogP contribution in [0, 0.1) is 22.7 Å². The van der Waals surface area contributed by atoms with Gasteiger partial charge in [0.2, 0.25) is 0 Å². The van der Waals surface area contributed by atoms with Crippen molar-refractivity contribution >= 4 is 0 Å². The van der Waals surface area contributed by atoms with Crippen molar-refractivity contribution < 1.29 is 0 Å². The predicted molar refractivity (Wildman–Crippen MR) is 68.3 cm³/mol. The second kappa shape index (κ2) is 3.25. The fourth-order valence-electron chi connectivity index (χ4n) is 4.83. The Bertz CT molecular complexity index is 291. The molecule has 2 bridgehead atoms. The van der Waals surface area contributed by atoms with Gasteiger partial charge in [0.15, 0.2) is 0 Å². The number of hydrogen-bond donors (Lipinski definition) is 1. The van der Waals surface area contributed by atoms with E-state index in [0.29, 0.717) is 10.8 Å². The summed E-state index contributed by atoms with van der Waals surface area (Å²) in [7, 11) is 0. The van der Waals surface area contributed by atoms with E-state index < -0.39 is 0 Å². The number of nitrogens with one attached hydrogen (secondary N) is 1. The molecule has 3 aliphatic rings. The fourth-order valence-corrected chi connectivity index (χ4v) is 4.83. The van der Waals surface area contributed by atoms with E-state index in [1.54, 1.807) is 0 Å². The third-order valence-electron chi connectivity index (χ3n) is 6.10. The molecule has 0 amide bonds. The van der Waals surface area contributed by atoms with Gasteiger partial charge in [-0.05, 0) is 48.3 Å². The summed E-state index contributed by atoms with van der Waals surface area (Å²) < 4.78 is 0. The molecule has 1 nitrogen and oxygen atoms in total. The van der Waals surface area contributed by atoms with Gasteiger partial charge in [-0.15, -0.1) is 0 Å². The smallest absolute Gasteiger partial charge is 0.0177 e. The van der Waals surface area contributed by atoms with Gasteiger partial charge in [-0.3, -0.25) is 0 Å². The number of fused-ring (bicyclic) bond motifs is 2. The first-order valence-electron chi connectivity index (χ1n) is 7.23. The quantitative estimate of drug-likeness (QED) is 0.768. The summed E-state index contributed by atoms with van der Waals surface area (Å²) in [5.41, 5.74) is 1.14. The average Bonchev–Trinajstić information content (AvgIpc) is 2.82. The Balaban J connectivity index is 1.74. The van der Waals surface area contributed by atoms with E-state index in [9.17, 15) is 0 Å². The minimum atomic E-state index is 0.536. The molecule has 0 heterocycles. The van der Waals surface area contributed by atoms with Gasteiger partial charge in [0, 0.05) is 12.1 Å². The SMILES string of the molecule is CCC1CC1NC1C(C)(C)[C@H]2CC[C@]1(C)C2. The third kappa shape index (κ3) is 1.40. The van der Waals surface area contributed by atoms with Gasteiger partial charge >= 0.3 is 0 Å². The van der Waals surface area contributed by atoms with Crippen LogP contribution in [0.15, 0.2) is 0 Å². The molecule has 3 saturated carbocycles. The van der Waals surface area contributed by atoms with Crippen LogP contribution in [-0.4, -0.2) is 12.1 Å². The summed E-state index contributed by atoms with van der Waals surface area (Å²) in [6.45, 7) is 9.87. The van der Waals surface area contributed by atoms with Crippen molar-refractivity contribution in [3.05, 3.63) is 0 Å².